The average molecular weight is 474 g/mol. The molecule has 8 heteroatoms. The third-order valence-electron chi connectivity index (χ3n) is 6.67. The second-order valence-corrected chi connectivity index (χ2v) is 8.92. The first-order valence-corrected chi connectivity index (χ1v) is 11.9. The number of carbonyl (C=O) groups is 1. The minimum atomic E-state index is -0.307. The van der Waals surface area contributed by atoms with Crippen LogP contribution >= 0.6 is 0 Å². The van der Waals surface area contributed by atoms with Crippen LogP contribution in [0.3, 0.4) is 0 Å². The van der Waals surface area contributed by atoms with E-state index in [9.17, 15) is 9.18 Å². The monoisotopic (exact) mass is 473 g/mol. The fourth-order valence-electron chi connectivity index (χ4n) is 4.84. The van der Waals surface area contributed by atoms with Crippen LogP contribution in [0.25, 0.3) is 33.6 Å². The molecule has 1 amide bonds. The largest absolute Gasteiger partial charge is 0.437 e. The van der Waals surface area contributed by atoms with E-state index in [4.69, 9.17) is 10.2 Å². The molecule has 0 atom stereocenters. The van der Waals surface area contributed by atoms with Gasteiger partial charge in [0, 0.05) is 29.9 Å². The molecule has 7 nitrogen and oxygen atoms in total. The third kappa shape index (κ3) is 4.61. The van der Waals surface area contributed by atoms with Gasteiger partial charge in [-0.25, -0.2) is 14.4 Å². The van der Waals surface area contributed by atoms with Gasteiger partial charge < -0.3 is 20.4 Å². The van der Waals surface area contributed by atoms with Crippen LogP contribution in [-0.2, 0) is 4.79 Å². The molecule has 2 aromatic heterocycles. The molecule has 1 aliphatic rings. The van der Waals surface area contributed by atoms with Gasteiger partial charge in [0.1, 0.15) is 23.7 Å². The van der Waals surface area contributed by atoms with Gasteiger partial charge in [-0.1, -0.05) is 31.4 Å². The molecular formula is C27H28FN5O2. The maximum Gasteiger partial charge on any atom is 0.238 e. The number of nitrogens with zero attached hydrogens (tertiary/aromatic N) is 3. The Balaban J connectivity index is 1.66. The number of benzene rings is 2. The molecule has 0 spiro atoms. The number of nitrogens with two attached hydrogens (primary N) is 1. The molecule has 0 saturated heterocycles. The highest BCUT2D eigenvalue weighted by atomic mass is 19.1. The average Bonchev–Trinajstić information content (AvgIpc) is 3.29. The zero-order valence-corrected chi connectivity index (χ0v) is 19.6. The fraction of sp³-hybridized carbons (Fsp3) is 0.296. The van der Waals surface area contributed by atoms with Crippen LogP contribution in [0.15, 0.2) is 59.3 Å². The highest BCUT2D eigenvalue weighted by molar-refractivity contribution is 6.06. The number of amides is 1. The fourth-order valence-corrected chi connectivity index (χ4v) is 4.84. The van der Waals surface area contributed by atoms with Crippen LogP contribution in [0, 0.1) is 5.82 Å². The van der Waals surface area contributed by atoms with Crippen LogP contribution < -0.4 is 16.0 Å². The highest BCUT2D eigenvalue weighted by Crippen LogP contribution is 2.44. The number of hydrogen-bond donors (Lipinski definition) is 2. The summed E-state index contributed by atoms with van der Waals surface area (Å²) < 4.78 is 20.1. The van der Waals surface area contributed by atoms with Crippen molar-refractivity contribution in [2.45, 2.75) is 38.1 Å². The molecule has 0 aliphatic heterocycles. The molecule has 3 N–H and O–H groups in total. The van der Waals surface area contributed by atoms with Gasteiger partial charge >= 0.3 is 0 Å². The Bertz CT molecular complexity index is 1330. The van der Waals surface area contributed by atoms with Gasteiger partial charge in [0.05, 0.1) is 11.9 Å². The molecule has 0 unspecified atom stereocenters. The van der Waals surface area contributed by atoms with Gasteiger partial charge in [0.2, 0.25) is 11.6 Å². The number of furan rings is 1. The summed E-state index contributed by atoms with van der Waals surface area (Å²) in [6.45, 7) is -0.0873. The lowest BCUT2D eigenvalue weighted by Gasteiger charge is -2.32. The van der Waals surface area contributed by atoms with Crippen molar-refractivity contribution in [3.05, 3.63) is 60.7 Å². The Morgan fingerprint density at radius 2 is 1.74 bits per heavy atom. The standard InChI is InChI=1S/C27H28FN5O2/c1-33(21-5-3-2-4-6-21)26-24-23(17-7-11-19(28)12-8-17)25(35-27(24)31-16-30-26)18-9-13-20(14-10-18)32-22(34)15-29/h7-14,16,21H,2-6,15,29H2,1H3,(H,32,34). The minimum absolute atomic E-state index is 0.0873. The van der Waals surface area contributed by atoms with E-state index in [0.717, 1.165) is 40.7 Å². The summed E-state index contributed by atoms with van der Waals surface area (Å²) in [6, 6.07) is 14.1. The number of hydrogen-bond acceptors (Lipinski definition) is 6. The quantitative estimate of drug-likeness (QED) is 0.391. The molecule has 1 aliphatic carbocycles. The van der Waals surface area contributed by atoms with Crippen molar-refractivity contribution < 1.29 is 13.6 Å². The first-order chi connectivity index (χ1) is 17.0. The molecule has 0 radical (unpaired) electrons. The van der Waals surface area contributed by atoms with Crippen LogP contribution in [0.5, 0.6) is 0 Å². The summed E-state index contributed by atoms with van der Waals surface area (Å²) >= 11 is 0. The molecule has 1 saturated carbocycles. The molecule has 1 fully saturated rings. The number of fused-ring (bicyclic) bond motifs is 1. The molecule has 35 heavy (non-hydrogen) atoms. The Hall–Kier alpha value is -3.78. The van der Waals surface area contributed by atoms with Gasteiger partial charge in [0.15, 0.2) is 0 Å². The molecular weight excluding hydrogens is 445 g/mol. The Morgan fingerprint density at radius 1 is 1.06 bits per heavy atom. The van der Waals surface area contributed by atoms with Crippen LogP contribution in [0.2, 0.25) is 0 Å². The zero-order chi connectivity index (χ0) is 24.4. The molecule has 2 aromatic carbocycles. The van der Waals surface area contributed by atoms with Crippen molar-refractivity contribution in [3.8, 4) is 22.5 Å². The number of rotatable bonds is 6. The lowest BCUT2D eigenvalue weighted by atomic mass is 9.94. The van der Waals surface area contributed by atoms with Gasteiger partial charge in [-0.15, -0.1) is 0 Å². The van der Waals surface area contributed by atoms with E-state index in [0.29, 0.717) is 23.2 Å². The van der Waals surface area contributed by atoms with E-state index in [-0.39, 0.29) is 18.3 Å². The predicted octanol–water partition coefficient (Wildman–Crippen LogP) is 5.36. The Kier molecular flexibility index (Phi) is 6.46. The van der Waals surface area contributed by atoms with Crippen molar-refractivity contribution in [1.82, 2.24) is 9.97 Å². The van der Waals surface area contributed by atoms with Crippen LogP contribution in [-0.4, -0.2) is 35.5 Å². The minimum Gasteiger partial charge on any atom is -0.437 e. The Morgan fingerprint density at radius 3 is 2.43 bits per heavy atom. The van der Waals surface area contributed by atoms with E-state index in [1.165, 1.54) is 37.7 Å². The number of carbonyl (C=O) groups excluding carboxylic acids is 1. The van der Waals surface area contributed by atoms with Gasteiger partial charge in [-0.3, -0.25) is 4.79 Å². The van der Waals surface area contributed by atoms with Gasteiger partial charge in [-0.2, -0.15) is 0 Å². The summed E-state index contributed by atoms with van der Waals surface area (Å²) in [5.41, 5.74) is 8.95. The van der Waals surface area contributed by atoms with Crippen molar-refractivity contribution >= 4 is 28.5 Å². The van der Waals surface area contributed by atoms with Crippen LogP contribution in [0.1, 0.15) is 32.1 Å². The summed E-state index contributed by atoms with van der Waals surface area (Å²) in [5.74, 6) is 0.850. The topological polar surface area (TPSA) is 97.3 Å². The van der Waals surface area contributed by atoms with Crippen LogP contribution in [0.4, 0.5) is 15.9 Å². The number of nitrogens with one attached hydrogen (secondary N) is 1. The molecule has 0 bridgehead atoms. The van der Waals surface area contributed by atoms with E-state index in [2.05, 4.69) is 27.2 Å². The molecule has 180 valence electrons. The number of halogens is 1. The van der Waals surface area contributed by atoms with Crippen molar-refractivity contribution in [2.75, 3.05) is 23.8 Å². The zero-order valence-electron chi connectivity index (χ0n) is 19.6. The van der Waals surface area contributed by atoms with Crippen molar-refractivity contribution in [3.63, 3.8) is 0 Å². The molecule has 4 aromatic rings. The smallest absolute Gasteiger partial charge is 0.238 e. The van der Waals surface area contributed by atoms with E-state index < -0.39 is 0 Å². The second-order valence-electron chi connectivity index (χ2n) is 8.92. The maximum atomic E-state index is 13.8. The summed E-state index contributed by atoms with van der Waals surface area (Å²) in [4.78, 5) is 23.0. The second kappa shape index (κ2) is 9.84. The predicted molar refractivity (Wildman–Crippen MR) is 136 cm³/mol. The van der Waals surface area contributed by atoms with Crippen molar-refractivity contribution in [2.24, 2.45) is 5.73 Å². The lowest BCUT2D eigenvalue weighted by Crippen LogP contribution is -2.34. The van der Waals surface area contributed by atoms with Gasteiger partial charge in [0.25, 0.3) is 0 Å². The third-order valence-corrected chi connectivity index (χ3v) is 6.67. The summed E-state index contributed by atoms with van der Waals surface area (Å²) in [6.07, 6.45) is 7.45. The first kappa shape index (κ1) is 23.0. The summed E-state index contributed by atoms with van der Waals surface area (Å²) in [7, 11) is 2.08. The van der Waals surface area contributed by atoms with E-state index in [1.54, 1.807) is 24.3 Å². The number of anilines is 2. The van der Waals surface area contributed by atoms with E-state index >= 15 is 0 Å². The SMILES string of the molecule is CN(c1ncnc2oc(-c3ccc(NC(=O)CN)cc3)c(-c3ccc(F)cc3)c12)C1CCCCC1. The van der Waals surface area contributed by atoms with Gasteiger partial charge in [-0.05, 0) is 54.8 Å². The number of aromatic nitrogens is 2. The normalized spacial score (nSPS) is 14.3. The molecule has 5 rings (SSSR count). The summed E-state index contributed by atoms with van der Waals surface area (Å²) in [5, 5.41) is 3.55. The Labute approximate surface area is 203 Å². The molecule has 2 heterocycles. The first-order valence-electron chi connectivity index (χ1n) is 11.9. The van der Waals surface area contributed by atoms with Crippen molar-refractivity contribution in [1.29, 1.82) is 0 Å². The lowest BCUT2D eigenvalue weighted by molar-refractivity contribution is -0.114. The maximum absolute atomic E-state index is 13.8. The van der Waals surface area contributed by atoms with E-state index in [1.807, 2.05) is 12.1 Å². The highest BCUT2D eigenvalue weighted by Gasteiger charge is 2.27.